The fourth-order valence-electron chi connectivity index (χ4n) is 1.86. The summed E-state index contributed by atoms with van der Waals surface area (Å²) in [7, 11) is 0. The van der Waals surface area contributed by atoms with E-state index in [1.165, 1.54) is 30.7 Å². The molecule has 0 aliphatic heterocycles. The average Bonchev–Trinajstić information content (AvgIpc) is 2.49. The van der Waals surface area contributed by atoms with E-state index in [1.54, 1.807) is 6.92 Å². The van der Waals surface area contributed by atoms with Gasteiger partial charge in [-0.1, -0.05) is 0 Å². The van der Waals surface area contributed by atoms with E-state index in [0.717, 1.165) is 0 Å². The van der Waals surface area contributed by atoms with E-state index >= 15 is 0 Å². The Bertz CT molecular complexity index is 975. The van der Waals surface area contributed by atoms with Crippen LogP contribution in [0.5, 0.6) is 0 Å². The standard InChI is InChI=1S/C14H9N3O5/c1-7-4-11-8(13(19)21-7)5-9(14(20)22-11)17-12(18)10-6-15-2-3-16-10/h2-6H,1H3,(H,17,18). The summed E-state index contributed by atoms with van der Waals surface area (Å²) >= 11 is 0. The van der Waals surface area contributed by atoms with E-state index in [0.29, 0.717) is 5.76 Å². The highest BCUT2D eigenvalue weighted by Gasteiger charge is 2.14. The molecule has 22 heavy (non-hydrogen) atoms. The zero-order chi connectivity index (χ0) is 15.7. The van der Waals surface area contributed by atoms with Gasteiger partial charge in [0.25, 0.3) is 5.91 Å². The van der Waals surface area contributed by atoms with Gasteiger partial charge in [0.05, 0.1) is 6.20 Å². The minimum Gasteiger partial charge on any atom is -0.428 e. The molecule has 1 N–H and O–H groups in total. The maximum atomic E-state index is 11.9. The van der Waals surface area contributed by atoms with Crippen LogP contribution in [0.25, 0.3) is 11.0 Å². The molecule has 8 heteroatoms. The molecule has 0 aliphatic rings. The van der Waals surface area contributed by atoms with Gasteiger partial charge in [0.1, 0.15) is 28.1 Å². The average molecular weight is 299 g/mol. The number of nitrogens with zero attached hydrogens (tertiary/aromatic N) is 2. The molecule has 3 aromatic rings. The summed E-state index contributed by atoms with van der Waals surface area (Å²) in [6.45, 7) is 1.56. The van der Waals surface area contributed by atoms with Gasteiger partial charge in [0.2, 0.25) is 0 Å². The molecule has 0 atom stereocenters. The van der Waals surface area contributed by atoms with E-state index in [4.69, 9.17) is 8.83 Å². The second kappa shape index (κ2) is 5.24. The molecule has 110 valence electrons. The summed E-state index contributed by atoms with van der Waals surface area (Å²) in [4.78, 5) is 43.1. The van der Waals surface area contributed by atoms with Crippen LogP contribution in [0, 0.1) is 6.92 Å². The van der Waals surface area contributed by atoms with Crippen molar-refractivity contribution in [1.29, 1.82) is 0 Å². The molecule has 0 aliphatic carbocycles. The van der Waals surface area contributed by atoms with Gasteiger partial charge in [-0.15, -0.1) is 0 Å². The van der Waals surface area contributed by atoms with Gasteiger partial charge >= 0.3 is 11.3 Å². The van der Waals surface area contributed by atoms with E-state index in [2.05, 4.69) is 15.3 Å². The Kier molecular flexibility index (Phi) is 3.26. The van der Waals surface area contributed by atoms with Crippen LogP contribution in [0.4, 0.5) is 5.69 Å². The molecule has 0 bridgehead atoms. The molecule has 0 saturated carbocycles. The van der Waals surface area contributed by atoms with Crippen molar-refractivity contribution in [3.05, 3.63) is 63.0 Å². The number of aryl methyl sites for hydroxylation is 1. The lowest BCUT2D eigenvalue weighted by Gasteiger charge is -2.04. The largest absolute Gasteiger partial charge is 0.428 e. The van der Waals surface area contributed by atoms with Gasteiger partial charge < -0.3 is 14.2 Å². The van der Waals surface area contributed by atoms with Crippen LogP contribution in [0.2, 0.25) is 0 Å². The van der Waals surface area contributed by atoms with Crippen molar-refractivity contribution in [1.82, 2.24) is 9.97 Å². The highest BCUT2D eigenvalue weighted by atomic mass is 16.4. The lowest BCUT2D eigenvalue weighted by Crippen LogP contribution is -2.19. The van der Waals surface area contributed by atoms with Crippen LogP contribution >= 0.6 is 0 Å². The predicted molar refractivity (Wildman–Crippen MR) is 75.7 cm³/mol. The van der Waals surface area contributed by atoms with Gasteiger partial charge in [-0.25, -0.2) is 14.6 Å². The van der Waals surface area contributed by atoms with Gasteiger partial charge in [-0.2, -0.15) is 0 Å². The maximum absolute atomic E-state index is 11.9. The smallest absolute Gasteiger partial charge is 0.360 e. The van der Waals surface area contributed by atoms with Crippen molar-refractivity contribution in [3.8, 4) is 0 Å². The summed E-state index contributed by atoms with van der Waals surface area (Å²) < 4.78 is 9.95. The summed E-state index contributed by atoms with van der Waals surface area (Å²) in [6, 6.07) is 2.63. The Labute approximate surface area is 122 Å². The Morgan fingerprint density at radius 2 is 1.95 bits per heavy atom. The van der Waals surface area contributed by atoms with Crippen LogP contribution in [0.1, 0.15) is 16.2 Å². The molecular formula is C14H9N3O5. The normalized spacial score (nSPS) is 10.6. The van der Waals surface area contributed by atoms with Crippen LogP contribution in [-0.2, 0) is 0 Å². The number of amides is 1. The quantitative estimate of drug-likeness (QED) is 0.753. The third-order valence-corrected chi connectivity index (χ3v) is 2.83. The van der Waals surface area contributed by atoms with Crippen LogP contribution in [-0.4, -0.2) is 15.9 Å². The number of fused-ring (bicyclic) bond motifs is 1. The van der Waals surface area contributed by atoms with Gasteiger partial charge in [-0.05, 0) is 13.0 Å². The first-order valence-electron chi connectivity index (χ1n) is 6.20. The molecule has 3 heterocycles. The predicted octanol–water partition coefficient (Wildman–Crippen LogP) is 1.10. The van der Waals surface area contributed by atoms with Crippen molar-refractivity contribution in [3.63, 3.8) is 0 Å². The molecule has 0 spiro atoms. The number of hydrogen-bond donors (Lipinski definition) is 1. The van der Waals surface area contributed by atoms with Crippen molar-refractivity contribution in [2.75, 3.05) is 5.32 Å². The fraction of sp³-hybridized carbons (Fsp3) is 0.0714. The summed E-state index contributed by atoms with van der Waals surface area (Å²) in [5.74, 6) is -0.326. The lowest BCUT2D eigenvalue weighted by atomic mass is 10.2. The molecule has 3 aromatic heterocycles. The second-order valence-corrected chi connectivity index (χ2v) is 4.41. The van der Waals surface area contributed by atoms with E-state index in [-0.39, 0.29) is 22.4 Å². The van der Waals surface area contributed by atoms with Crippen LogP contribution in [0.3, 0.4) is 0 Å². The number of aromatic nitrogens is 2. The molecule has 1 amide bonds. The first-order valence-corrected chi connectivity index (χ1v) is 6.20. The zero-order valence-corrected chi connectivity index (χ0v) is 11.3. The number of rotatable bonds is 2. The summed E-state index contributed by atoms with van der Waals surface area (Å²) in [6.07, 6.45) is 4.00. The van der Waals surface area contributed by atoms with Crippen LogP contribution in [0.15, 0.2) is 49.1 Å². The molecule has 0 fully saturated rings. The fourth-order valence-corrected chi connectivity index (χ4v) is 1.86. The van der Waals surface area contributed by atoms with Crippen molar-refractivity contribution < 1.29 is 13.6 Å². The number of nitrogens with one attached hydrogen (secondary N) is 1. The Balaban J connectivity index is 2.05. The minimum atomic E-state index is -0.783. The van der Waals surface area contributed by atoms with Crippen molar-refractivity contribution in [2.45, 2.75) is 6.92 Å². The third kappa shape index (κ3) is 2.49. The number of hydrogen-bond acceptors (Lipinski definition) is 7. The summed E-state index contributed by atoms with van der Waals surface area (Å²) in [5.41, 5.74) is -1.50. The van der Waals surface area contributed by atoms with Crippen molar-refractivity contribution >= 4 is 22.6 Å². The third-order valence-electron chi connectivity index (χ3n) is 2.83. The SMILES string of the molecule is Cc1cc2oc(=O)c(NC(=O)c3cnccn3)cc2c(=O)o1. The second-order valence-electron chi connectivity index (χ2n) is 4.41. The Morgan fingerprint density at radius 1 is 1.14 bits per heavy atom. The molecule has 0 aromatic carbocycles. The molecule has 0 radical (unpaired) electrons. The molecule has 3 rings (SSSR count). The monoisotopic (exact) mass is 299 g/mol. The highest BCUT2D eigenvalue weighted by molar-refractivity contribution is 6.03. The van der Waals surface area contributed by atoms with Gasteiger partial charge in [-0.3, -0.25) is 9.78 Å². The minimum absolute atomic E-state index is 0.0259. The number of carbonyl (C=O) groups excluding carboxylic acids is 1. The van der Waals surface area contributed by atoms with Gasteiger partial charge in [0.15, 0.2) is 0 Å². The Hall–Kier alpha value is -3.29. The lowest BCUT2D eigenvalue weighted by molar-refractivity contribution is 0.102. The van der Waals surface area contributed by atoms with Gasteiger partial charge in [0, 0.05) is 18.5 Å². The first-order chi connectivity index (χ1) is 10.5. The highest BCUT2D eigenvalue weighted by Crippen LogP contribution is 2.14. The molecular weight excluding hydrogens is 290 g/mol. The number of carbonyl (C=O) groups is 1. The number of anilines is 1. The van der Waals surface area contributed by atoms with Crippen molar-refractivity contribution in [2.24, 2.45) is 0 Å². The molecule has 8 nitrogen and oxygen atoms in total. The maximum Gasteiger partial charge on any atom is 0.360 e. The summed E-state index contributed by atoms with van der Waals surface area (Å²) in [5, 5.41) is 2.39. The topological polar surface area (TPSA) is 115 Å². The van der Waals surface area contributed by atoms with E-state index < -0.39 is 17.2 Å². The van der Waals surface area contributed by atoms with E-state index in [9.17, 15) is 14.4 Å². The van der Waals surface area contributed by atoms with Crippen LogP contribution < -0.4 is 16.6 Å². The molecule has 0 unspecified atom stereocenters. The van der Waals surface area contributed by atoms with E-state index in [1.807, 2.05) is 0 Å². The first kappa shape index (κ1) is 13.7. The Morgan fingerprint density at radius 3 is 2.68 bits per heavy atom. The zero-order valence-electron chi connectivity index (χ0n) is 11.3. The molecule has 0 saturated heterocycles.